The van der Waals surface area contributed by atoms with Gasteiger partial charge >= 0.3 is 0 Å². The van der Waals surface area contributed by atoms with Crippen LogP contribution in [0.5, 0.6) is 0 Å². The molecular weight excluding hydrogens is 228 g/mol. The van der Waals surface area contributed by atoms with E-state index in [1.165, 1.54) is 24.9 Å². The maximum Gasteiger partial charge on any atom is 0.104 e. The predicted octanol–water partition coefficient (Wildman–Crippen LogP) is 2.87. The molecular formula is C14H20N2S. The zero-order valence-electron chi connectivity index (χ0n) is 10.6. The number of nitrogens with two attached hydrogens (primary N) is 1. The molecule has 1 aromatic rings. The molecule has 2 rings (SSSR count). The van der Waals surface area contributed by atoms with E-state index in [1.54, 1.807) is 0 Å². The molecule has 2 nitrogen and oxygen atoms in total. The molecule has 0 radical (unpaired) electrons. The molecule has 0 aromatic heterocycles. The normalized spacial score (nSPS) is 15.4. The van der Waals surface area contributed by atoms with Crippen molar-refractivity contribution in [2.24, 2.45) is 11.7 Å². The molecule has 1 aliphatic rings. The summed E-state index contributed by atoms with van der Waals surface area (Å²) < 4.78 is 0. The lowest BCUT2D eigenvalue weighted by Crippen LogP contribution is -2.29. The number of aryl methyl sites for hydroxylation is 1. The lowest BCUT2D eigenvalue weighted by molar-refractivity contribution is 0.321. The van der Waals surface area contributed by atoms with Crippen LogP contribution in [-0.2, 0) is 0 Å². The van der Waals surface area contributed by atoms with E-state index in [1.807, 2.05) is 6.07 Å². The third kappa shape index (κ3) is 2.78. The maximum atomic E-state index is 5.67. The Balaban J connectivity index is 2.10. The van der Waals surface area contributed by atoms with E-state index >= 15 is 0 Å². The summed E-state index contributed by atoms with van der Waals surface area (Å²) in [5.74, 6) is 0.885. The van der Waals surface area contributed by atoms with Crippen LogP contribution >= 0.6 is 12.2 Å². The van der Waals surface area contributed by atoms with E-state index < -0.39 is 0 Å². The van der Waals surface area contributed by atoms with Crippen molar-refractivity contribution in [2.75, 3.05) is 18.5 Å². The smallest absolute Gasteiger partial charge is 0.104 e. The van der Waals surface area contributed by atoms with Crippen LogP contribution in [0.3, 0.4) is 0 Å². The molecule has 2 N–H and O–H groups in total. The molecule has 17 heavy (non-hydrogen) atoms. The highest BCUT2D eigenvalue weighted by molar-refractivity contribution is 7.80. The Hall–Kier alpha value is -1.09. The van der Waals surface area contributed by atoms with Gasteiger partial charge in [-0.3, -0.25) is 0 Å². The molecule has 0 heterocycles. The first-order valence-corrected chi connectivity index (χ1v) is 6.60. The van der Waals surface area contributed by atoms with Gasteiger partial charge in [-0.1, -0.05) is 18.6 Å². The van der Waals surface area contributed by atoms with Crippen LogP contribution in [0, 0.1) is 12.8 Å². The molecule has 1 aromatic carbocycles. The van der Waals surface area contributed by atoms with Crippen molar-refractivity contribution < 1.29 is 0 Å². The molecule has 0 atom stereocenters. The van der Waals surface area contributed by atoms with Gasteiger partial charge in [-0.15, -0.1) is 0 Å². The second-order valence-corrected chi connectivity index (χ2v) is 5.48. The summed E-state index contributed by atoms with van der Waals surface area (Å²) in [6, 6.07) is 6.32. The Kier molecular flexibility index (Phi) is 3.67. The van der Waals surface area contributed by atoms with Gasteiger partial charge < -0.3 is 10.6 Å². The average molecular weight is 248 g/mol. The topological polar surface area (TPSA) is 29.3 Å². The van der Waals surface area contributed by atoms with Crippen molar-refractivity contribution in [2.45, 2.75) is 26.2 Å². The Morgan fingerprint density at radius 1 is 1.47 bits per heavy atom. The van der Waals surface area contributed by atoms with E-state index in [9.17, 15) is 0 Å². The second-order valence-electron chi connectivity index (χ2n) is 5.04. The fourth-order valence-corrected chi connectivity index (χ4v) is 2.56. The third-order valence-corrected chi connectivity index (χ3v) is 3.89. The highest BCUT2D eigenvalue weighted by Crippen LogP contribution is 2.28. The fraction of sp³-hybridized carbons (Fsp3) is 0.500. The Bertz CT molecular complexity index is 424. The minimum absolute atomic E-state index is 0.482. The van der Waals surface area contributed by atoms with Gasteiger partial charge in [0.1, 0.15) is 4.99 Å². The van der Waals surface area contributed by atoms with E-state index in [2.05, 4.69) is 31.0 Å². The van der Waals surface area contributed by atoms with Crippen LogP contribution in [-0.4, -0.2) is 18.6 Å². The maximum absolute atomic E-state index is 5.67. The monoisotopic (exact) mass is 248 g/mol. The van der Waals surface area contributed by atoms with E-state index in [4.69, 9.17) is 18.0 Å². The van der Waals surface area contributed by atoms with E-state index in [-0.39, 0.29) is 0 Å². The fourth-order valence-electron chi connectivity index (χ4n) is 2.33. The van der Waals surface area contributed by atoms with Crippen LogP contribution in [0.4, 0.5) is 5.69 Å². The van der Waals surface area contributed by atoms with Crippen molar-refractivity contribution in [3.63, 3.8) is 0 Å². The van der Waals surface area contributed by atoms with Gasteiger partial charge in [0, 0.05) is 24.8 Å². The summed E-state index contributed by atoms with van der Waals surface area (Å²) >= 11 is 5.02. The van der Waals surface area contributed by atoms with Crippen LogP contribution < -0.4 is 10.6 Å². The first-order chi connectivity index (χ1) is 8.08. The van der Waals surface area contributed by atoms with Gasteiger partial charge in [0.2, 0.25) is 0 Å². The second kappa shape index (κ2) is 5.05. The van der Waals surface area contributed by atoms with E-state index in [0.717, 1.165) is 23.6 Å². The van der Waals surface area contributed by atoms with Gasteiger partial charge in [-0.05, 0) is 49.4 Å². The minimum Gasteiger partial charge on any atom is -0.389 e. The first-order valence-electron chi connectivity index (χ1n) is 6.19. The van der Waals surface area contributed by atoms with E-state index in [0.29, 0.717) is 4.99 Å². The van der Waals surface area contributed by atoms with Gasteiger partial charge in [0.15, 0.2) is 0 Å². The van der Waals surface area contributed by atoms with Gasteiger partial charge in [0.05, 0.1) is 0 Å². The van der Waals surface area contributed by atoms with Crippen molar-refractivity contribution in [3.8, 4) is 0 Å². The summed E-state index contributed by atoms with van der Waals surface area (Å²) in [6.07, 6.45) is 4.17. The average Bonchev–Trinajstić information content (AvgIpc) is 2.22. The zero-order chi connectivity index (χ0) is 12.4. The Morgan fingerprint density at radius 3 is 2.65 bits per heavy atom. The highest BCUT2D eigenvalue weighted by Gasteiger charge is 2.19. The van der Waals surface area contributed by atoms with Crippen molar-refractivity contribution in [1.82, 2.24) is 0 Å². The molecule has 92 valence electrons. The molecule has 1 fully saturated rings. The van der Waals surface area contributed by atoms with Crippen LogP contribution in [0.1, 0.15) is 30.4 Å². The van der Waals surface area contributed by atoms with Crippen LogP contribution in [0.2, 0.25) is 0 Å². The summed E-state index contributed by atoms with van der Waals surface area (Å²) in [4.78, 5) is 2.82. The predicted molar refractivity (Wildman–Crippen MR) is 77.7 cm³/mol. The Labute approximate surface area is 109 Å². The lowest BCUT2D eigenvalue weighted by atomic mass is 9.85. The molecule has 1 saturated carbocycles. The van der Waals surface area contributed by atoms with Crippen molar-refractivity contribution in [3.05, 3.63) is 29.3 Å². The lowest BCUT2D eigenvalue weighted by Gasteiger charge is -2.31. The quantitative estimate of drug-likeness (QED) is 0.831. The number of hydrogen-bond acceptors (Lipinski definition) is 2. The molecule has 1 aliphatic carbocycles. The largest absolute Gasteiger partial charge is 0.389 e. The minimum atomic E-state index is 0.482. The highest BCUT2D eigenvalue weighted by atomic mass is 32.1. The number of benzene rings is 1. The standard InChI is InChI=1S/C14H20N2S/c1-10-8-12(6-7-13(10)14(15)17)16(2)9-11-4-3-5-11/h6-8,11H,3-5,9H2,1-2H3,(H2,15,17). The third-order valence-electron chi connectivity index (χ3n) is 3.67. The molecule has 0 amide bonds. The molecule has 0 unspecified atom stereocenters. The molecule has 3 heteroatoms. The van der Waals surface area contributed by atoms with Gasteiger partial charge in [0.25, 0.3) is 0 Å². The van der Waals surface area contributed by atoms with Gasteiger partial charge in [-0.2, -0.15) is 0 Å². The molecule has 0 bridgehead atoms. The number of hydrogen-bond donors (Lipinski definition) is 1. The van der Waals surface area contributed by atoms with Crippen molar-refractivity contribution >= 4 is 22.9 Å². The summed E-state index contributed by atoms with van der Waals surface area (Å²) in [5, 5.41) is 0. The van der Waals surface area contributed by atoms with Gasteiger partial charge in [-0.25, -0.2) is 0 Å². The molecule has 0 saturated heterocycles. The number of anilines is 1. The summed E-state index contributed by atoms with van der Waals surface area (Å²) in [5.41, 5.74) is 9.08. The zero-order valence-corrected chi connectivity index (χ0v) is 11.4. The number of nitrogens with zero attached hydrogens (tertiary/aromatic N) is 1. The number of rotatable bonds is 4. The first kappa shape index (κ1) is 12.4. The summed E-state index contributed by atoms with van der Waals surface area (Å²) in [6.45, 7) is 3.22. The molecule has 0 spiro atoms. The van der Waals surface area contributed by atoms with Crippen molar-refractivity contribution in [1.29, 1.82) is 0 Å². The number of thiocarbonyl (C=S) groups is 1. The molecule has 0 aliphatic heterocycles. The SMILES string of the molecule is Cc1cc(N(C)CC2CCC2)ccc1C(N)=S. The summed E-state index contributed by atoms with van der Waals surface area (Å²) in [7, 11) is 2.16. The van der Waals surface area contributed by atoms with Crippen LogP contribution in [0.25, 0.3) is 0 Å². The Morgan fingerprint density at radius 2 is 2.18 bits per heavy atom. The van der Waals surface area contributed by atoms with Crippen LogP contribution in [0.15, 0.2) is 18.2 Å².